The number of nitrogens with one attached hydrogen (secondary N) is 1. The zero-order valence-electron chi connectivity index (χ0n) is 13.4. The van der Waals surface area contributed by atoms with Crippen molar-refractivity contribution in [1.82, 2.24) is 9.62 Å². The summed E-state index contributed by atoms with van der Waals surface area (Å²) in [6, 6.07) is 7.30. The predicted octanol–water partition coefficient (Wildman–Crippen LogP) is 0.776. The van der Waals surface area contributed by atoms with Crippen LogP contribution in [0, 0.1) is 5.92 Å². The van der Waals surface area contributed by atoms with Gasteiger partial charge in [-0.05, 0) is 36.5 Å². The van der Waals surface area contributed by atoms with Gasteiger partial charge in [0.1, 0.15) is 5.75 Å². The molecule has 1 aliphatic carbocycles. The van der Waals surface area contributed by atoms with Crippen LogP contribution >= 0.6 is 0 Å². The fourth-order valence-corrected chi connectivity index (χ4v) is 4.58. The first kappa shape index (κ1) is 16.3. The number of methoxy groups -OCH3 is 1. The van der Waals surface area contributed by atoms with Gasteiger partial charge in [0.05, 0.1) is 19.8 Å². The molecule has 0 aromatic heterocycles. The van der Waals surface area contributed by atoms with Crippen LogP contribution in [0.4, 0.5) is 0 Å². The lowest BCUT2D eigenvalue weighted by molar-refractivity contribution is -0.132. The summed E-state index contributed by atoms with van der Waals surface area (Å²) >= 11 is 0. The number of rotatable bonds is 5. The summed E-state index contributed by atoms with van der Waals surface area (Å²) in [4.78, 5) is 14.5. The number of carbonyl (C=O) groups is 1. The number of piperidine rings is 1. The molecule has 1 aliphatic heterocycles. The van der Waals surface area contributed by atoms with Crippen LogP contribution in [0.25, 0.3) is 0 Å². The van der Waals surface area contributed by atoms with Gasteiger partial charge in [-0.15, -0.1) is 0 Å². The average Bonchev–Trinajstić information content (AvgIpc) is 3.05. The van der Waals surface area contributed by atoms with Gasteiger partial charge in [-0.3, -0.25) is 4.79 Å². The Hall–Kier alpha value is -1.60. The average molecular weight is 338 g/mol. The minimum Gasteiger partial charge on any atom is -0.497 e. The highest BCUT2D eigenvalue weighted by Gasteiger charge is 2.47. The Kier molecular flexibility index (Phi) is 4.33. The number of likely N-dealkylation sites (tertiary alicyclic amines) is 1. The summed E-state index contributed by atoms with van der Waals surface area (Å²) in [5, 5.41) is 0. The van der Waals surface area contributed by atoms with Gasteiger partial charge < -0.3 is 9.64 Å². The van der Waals surface area contributed by atoms with Crippen LogP contribution < -0.4 is 9.46 Å². The summed E-state index contributed by atoms with van der Waals surface area (Å²) in [6.07, 6.45) is 3.19. The Morgan fingerprint density at radius 3 is 2.83 bits per heavy atom. The summed E-state index contributed by atoms with van der Waals surface area (Å²) in [6.45, 7) is 0.732. The molecule has 1 amide bonds. The molecule has 6 nitrogen and oxygen atoms in total. The molecule has 2 bridgehead atoms. The fourth-order valence-electron chi connectivity index (χ4n) is 3.77. The third kappa shape index (κ3) is 3.67. The molecule has 7 heteroatoms. The molecule has 1 N–H and O–H groups in total. The highest BCUT2D eigenvalue weighted by molar-refractivity contribution is 7.88. The molecule has 1 heterocycles. The van der Waals surface area contributed by atoms with Crippen LogP contribution in [-0.4, -0.2) is 51.2 Å². The van der Waals surface area contributed by atoms with Gasteiger partial charge in [0.15, 0.2) is 0 Å². The maximum absolute atomic E-state index is 12.6. The lowest BCUT2D eigenvalue weighted by atomic mass is 10.0. The van der Waals surface area contributed by atoms with E-state index in [1.807, 2.05) is 29.2 Å². The minimum atomic E-state index is -3.25. The number of nitrogens with zero attached hydrogens (tertiary/aromatic N) is 1. The second-order valence-corrected chi connectivity index (χ2v) is 8.26. The predicted molar refractivity (Wildman–Crippen MR) is 86.7 cm³/mol. The molecule has 23 heavy (non-hydrogen) atoms. The molecule has 1 aromatic rings. The van der Waals surface area contributed by atoms with Crippen molar-refractivity contribution in [2.75, 3.05) is 19.9 Å². The normalized spacial score (nSPS) is 26.5. The number of ether oxygens (including phenoxy) is 1. The van der Waals surface area contributed by atoms with Crippen molar-refractivity contribution >= 4 is 15.9 Å². The van der Waals surface area contributed by atoms with Crippen molar-refractivity contribution in [3.05, 3.63) is 29.8 Å². The highest BCUT2D eigenvalue weighted by Crippen LogP contribution is 2.38. The second kappa shape index (κ2) is 6.13. The Labute approximate surface area is 136 Å². The van der Waals surface area contributed by atoms with Crippen LogP contribution in [0.5, 0.6) is 5.75 Å². The standard InChI is InChI=1S/C16H22N2O4S/c1-22-13-5-3-4-11(6-13)9-16(19)18-10-12-7-14(15(18)8-12)17-23(2,20)21/h3-6,12,14-15,17H,7-10H2,1-2H3/t12-,14+,15-/m1/s1. The molecule has 0 radical (unpaired) electrons. The summed E-state index contributed by atoms with van der Waals surface area (Å²) in [5.74, 6) is 1.18. The molecule has 0 spiro atoms. The van der Waals surface area contributed by atoms with E-state index in [0.29, 0.717) is 12.3 Å². The maximum atomic E-state index is 12.6. The Balaban J connectivity index is 1.68. The zero-order chi connectivity index (χ0) is 16.6. The largest absolute Gasteiger partial charge is 0.497 e. The SMILES string of the molecule is COc1cccc(CC(=O)N2C[C@@H]3C[C@H](NS(C)(=O)=O)[C@H]2C3)c1. The molecule has 2 fully saturated rings. The quantitative estimate of drug-likeness (QED) is 0.861. The number of amides is 1. The third-order valence-corrected chi connectivity index (χ3v) is 5.39. The van der Waals surface area contributed by atoms with Crippen LogP contribution in [0.1, 0.15) is 18.4 Å². The smallest absolute Gasteiger partial charge is 0.227 e. The maximum Gasteiger partial charge on any atom is 0.227 e. The molecule has 1 saturated heterocycles. The van der Waals surface area contributed by atoms with Crippen molar-refractivity contribution in [3.63, 3.8) is 0 Å². The van der Waals surface area contributed by atoms with E-state index in [9.17, 15) is 13.2 Å². The number of sulfonamides is 1. The number of fused-ring (bicyclic) bond motifs is 2. The van der Waals surface area contributed by atoms with E-state index >= 15 is 0 Å². The van der Waals surface area contributed by atoms with Gasteiger partial charge in [0.25, 0.3) is 0 Å². The zero-order valence-corrected chi connectivity index (χ0v) is 14.2. The van der Waals surface area contributed by atoms with Crippen molar-refractivity contribution < 1.29 is 17.9 Å². The van der Waals surface area contributed by atoms with E-state index in [2.05, 4.69) is 4.72 Å². The molecular weight excluding hydrogens is 316 g/mol. The summed E-state index contributed by atoms with van der Waals surface area (Å²) in [5.41, 5.74) is 0.907. The molecule has 3 rings (SSSR count). The van der Waals surface area contributed by atoms with Gasteiger partial charge >= 0.3 is 0 Å². The van der Waals surface area contributed by atoms with E-state index in [-0.39, 0.29) is 18.0 Å². The number of hydrogen-bond donors (Lipinski definition) is 1. The molecule has 2 aliphatic rings. The minimum absolute atomic E-state index is 0.0205. The van der Waals surface area contributed by atoms with Crippen molar-refractivity contribution in [2.24, 2.45) is 5.92 Å². The lowest BCUT2D eigenvalue weighted by Crippen LogP contribution is -2.52. The van der Waals surface area contributed by atoms with E-state index in [4.69, 9.17) is 4.74 Å². The van der Waals surface area contributed by atoms with E-state index in [1.54, 1.807) is 7.11 Å². The van der Waals surface area contributed by atoms with Crippen molar-refractivity contribution in [1.29, 1.82) is 0 Å². The topological polar surface area (TPSA) is 75.7 Å². The molecular formula is C16H22N2O4S. The van der Waals surface area contributed by atoms with Crippen LogP contribution in [0.3, 0.4) is 0 Å². The van der Waals surface area contributed by atoms with E-state index in [1.165, 1.54) is 6.26 Å². The number of benzene rings is 1. The molecule has 0 unspecified atom stereocenters. The van der Waals surface area contributed by atoms with E-state index < -0.39 is 10.0 Å². The second-order valence-electron chi connectivity index (χ2n) is 6.48. The van der Waals surface area contributed by atoms with Gasteiger partial charge in [0.2, 0.25) is 15.9 Å². The number of carbonyl (C=O) groups excluding carboxylic acids is 1. The lowest BCUT2D eigenvalue weighted by Gasteiger charge is -2.33. The van der Waals surface area contributed by atoms with Crippen LogP contribution in [0.15, 0.2) is 24.3 Å². The first-order chi connectivity index (χ1) is 10.9. The first-order valence-electron chi connectivity index (χ1n) is 7.75. The Morgan fingerprint density at radius 1 is 1.39 bits per heavy atom. The van der Waals surface area contributed by atoms with Crippen molar-refractivity contribution in [2.45, 2.75) is 31.3 Å². The van der Waals surface area contributed by atoms with Gasteiger partial charge in [-0.25, -0.2) is 13.1 Å². The molecule has 1 saturated carbocycles. The van der Waals surface area contributed by atoms with Crippen molar-refractivity contribution in [3.8, 4) is 5.75 Å². The number of hydrogen-bond acceptors (Lipinski definition) is 4. The molecule has 1 aromatic carbocycles. The summed E-state index contributed by atoms with van der Waals surface area (Å²) in [7, 11) is -1.65. The summed E-state index contributed by atoms with van der Waals surface area (Å²) < 4.78 is 30.8. The third-order valence-electron chi connectivity index (χ3n) is 4.66. The molecule has 3 atom stereocenters. The Bertz CT molecular complexity index is 704. The van der Waals surface area contributed by atoms with Gasteiger partial charge in [-0.1, -0.05) is 12.1 Å². The Morgan fingerprint density at radius 2 is 2.17 bits per heavy atom. The first-order valence-corrected chi connectivity index (χ1v) is 9.64. The monoisotopic (exact) mass is 338 g/mol. The van der Waals surface area contributed by atoms with Crippen LogP contribution in [-0.2, 0) is 21.2 Å². The van der Waals surface area contributed by atoms with Gasteiger partial charge in [0, 0.05) is 18.6 Å². The van der Waals surface area contributed by atoms with E-state index in [0.717, 1.165) is 30.7 Å². The fraction of sp³-hybridized carbons (Fsp3) is 0.562. The highest BCUT2D eigenvalue weighted by atomic mass is 32.2. The molecule has 126 valence electrons. The van der Waals surface area contributed by atoms with Crippen LogP contribution in [0.2, 0.25) is 0 Å². The van der Waals surface area contributed by atoms with Gasteiger partial charge in [-0.2, -0.15) is 0 Å².